The Hall–Kier alpha value is -1.11. The summed E-state index contributed by atoms with van der Waals surface area (Å²) in [7, 11) is 0. The third-order valence-corrected chi connectivity index (χ3v) is 7.68. The van der Waals surface area contributed by atoms with Crippen molar-refractivity contribution in [2.24, 2.45) is 17.8 Å². The highest BCUT2D eigenvalue weighted by Crippen LogP contribution is 2.44. The summed E-state index contributed by atoms with van der Waals surface area (Å²) >= 11 is 0. The van der Waals surface area contributed by atoms with Crippen molar-refractivity contribution >= 4 is 0 Å². The first-order chi connectivity index (χ1) is 13.8. The summed E-state index contributed by atoms with van der Waals surface area (Å²) in [6, 6.07) is 9.61. The normalized spacial score (nSPS) is 28.6. The Balaban J connectivity index is 1.39. The average Bonchev–Trinajstić information content (AvgIpc) is 2.75. The fraction of sp³-hybridized carbons (Fsp3) is 0.704. The standard InChI is InChI=1S/C27H41F/c1-2-3-4-7-22-9-13-24(14-10-22)26-17-19-27(20-18-26)25-15-11-23(12-16-25)8-5-6-21-28/h6,9-10,13-14,21,23,25-27H,2-5,7-8,11-12,15-20H2,1H3/b21-6+. The summed E-state index contributed by atoms with van der Waals surface area (Å²) in [4.78, 5) is 0. The third kappa shape index (κ3) is 6.46. The van der Waals surface area contributed by atoms with Gasteiger partial charge < -0.3 is 0 Å². The summed E-state index contributed by atoms with van der Waals surface area (Å²) in [5, 5.41) is 0. The molecule has 2 saturated carbocycles. The van der Waals surface area contributed by atoms with Crippen LogP contribution in [-0.2, 0) is 6.42 Å². The molecular weight excluding hydrogens is 343 g/mol. The molecule has 28 heavy (non-hydrogen) atoms. The van der Waals surface area contributed by atoms with E-state index in [4.69, 9.17) is 0 Å². The molecule has 1 aromatic rings. The van der Waals surface area contributed by atoms with Crippen molar-refractivity contribution in [3.05, 3.63) is 47.8 Å². The summed E-state index contributed by atoms with van der Waals surface area (Å²) < 4.78 is 12.1. The van der Waals surface area contributed by atoms with Crippen LogP contribution in [0.2, 0.25) is 0 Å². The second-order valence-corrected chi connectivity index (χ2v) is 9.53. The summed E-state index contributed by atoms with van der Waals surface area (Å²) in [5.41, 5.74) is 3.10. The first-order valence-electron chi connectivity index (χ1n) is 12.1. The fourth-order valence-corrected chi connectivity index (χ4v) is 5.80. The molecule has 3 rings (SSSR count). The van der Waals surface area contributed by atoms with E-state index in [0.717, 1.165) is 30.1 Å². The average molecular weight is 385 g/mol. The van der Waals surface area contributed by atoms with Gasteiger partial charge >= 0.3 is 0 Å². The number of hydrogen-bond donors (Lipinski definition) is 0. The maximum absolute atomic E-state index is 12.1. The van der Waals surface area contributed by atoms with Gasteiger partial charge in [-0.15, -0.1) is 0 Å². The van der Waals surface area contributed by atoms with Gasteiger partial charge in [-0.1, -0.05) is 62.9 Å². The molecule has 0 amide bonds. The van der Waals surface area contributed by atoms with Crippen LogP contribution in [0, 0.1) is 17.8 Å². The van der Waals surface area contributed by atoms with Crippen LogP contribution < -0.4 is 0 Å². The largest absolute Gasteiger partial charge is 0.216 e. The minimum absolute atomic E-state index is 0.712. The zero-order valence-electron chi connectivity index (χ0n) is 18.1. The summed E-state index contributed by atoms with van der Waals surface area (Å²) in [6.07, 6.45) is 21.0. The Morgan fingerprint density at radius 3 is 2.11 bits per heavy atom. The Bertz CT molecular complexity index is 556. The lowest BCUT2D eigenvalue weighted by Gasteiger charge is -2.38. The molecule has 2 aliphatic rings. The number of aryl methyl sites for hydroxylation is 1. The minimum Gasteiger partial charge on any atom is -0.216 e. The van der Waals surface area contributed by atoms with Crippen molar-refractivity contribution in [2.75, 3.05) is 0 Å². The maximum Gasteiger partial charge on any atom is 0.0827 e. The Morgan fingerprint density at radius 1 is 0.857 bits per heavy atom. The lowest BCUT2D eigenvalue weighted by molar-refractivity contribution is 0.157. The first kappa shape index (κ1) is 21.6. The SMILES string of the molecule is CCCCCc1ccc(C2CCC(C3CCC(CC/C=C/F)CC3)CC2)cc1. The molecule has 0 nitrogen and oxygen atoms in total. The van der Waals surface area contributed by atoms with Gasteiger partial charge in [0.25, 0.3) is 0 Å². The molecular formula is C27H41F. The molecule has 1 aromatic carbocycles. The molecule has 0 saturated heterocycles. The number of rotatable bonds is 9. The van der Waals surface area contributed by atoms with Crippen LogP contribution >= 0.6 is 0 Å². The third-order valence-electron chi connectivity index (χ3n) is 7.68. The van der Waals surface area contributed by atoms with E-state index in [9.17, 15) is 4.39 Å². The maximum atomic E-state index is 12.1. The number of unbranched alkanes of at least 4 members (excludes halogenated alkanes) is 2. The molecule has 0 bridgehead atoms. The molecule has 0 unspecified atom stereocenters. The molecule has 0 aromatic heterocycles. The topological polar surface area (TPSA) is 0 Å². The van der Waals surface area contributed by atoms with Crippen molar-refractivity contribution in [3.8, 4) is 0 Å². The fourth-order valence-electron chi connectivity index (χ4n) is 5.80. The minimum atomic E-state index is 0.712. The van der Waals surface area contributed by atoms with E-state index in [-0.39, 0.29) is 0 Å². The summed E-state index contributed by atoms with van der Waals surface area (Å²) in [5.74, 6) is 3.58. The van der Waals surface area contributed by atoms with Crippen LogP contribution in [0.1, 0.15) is 107 Å². The molecule has 0 radical (unpaired) electrons. The van der Waals surface area contributed by atoms with Crippen LogP contribution in [0.25, 0.3) is 0 Å². The highest BCUT2D eigenvalue weighted by Gasteiger charge is 2.31. The van der Waals surface area contributed by atoms with E-state index >= 15 is 0 Å². The monoisotopic (exact) mass is 384 g/mol. The van der Waals surface area contributed by atoms with Crippen LogP contribution in [0.15, 0.2) is 36.7 Å². The number of allylic oxidation sites excluding steroid dienone is 1. The van der Waals surface area contributed by atoms with Gasteiger partial charge in [0.15, 0.2) is 0 Å². The molecule has 0 N–H and O–H groups in total. The zero-order valence-corrected chi connectivity index (χ0v) is 18.1. The van der Waals surface area contributed by atoms with Crippen molar-refractivity contribution in [1.82, 2.24) is 0 Å². The molecule has 0 heterocycles. The van der Waals surface area contributed by atoms with Crippen LogP contribution in [0.3, 0.4) is 0 Å². The first-order valence-corrected chi connectivity index (χ1v) is 12.1. The second-order valence-electron chi connectivity index (χ2n) is 9.53. The van der Waals surface area contributed by atoms with Crippen LogP contribution in [0.5, 0.6) is 0 Å². The van der Waals surface area contributed by atoms with Crippen molar-refractivity contribution < 1.29 is 4.39 Å². The van der Waals surface area contributed by atoms with Gasteiger partial charge in [0.2, 0.25) is 0 Å². The second kappa shape index (κ2) is 11.8. The lowest BCUT2D eigenvalue weighted by Crippen LogP contribution is -2.25. The molecule has 156 valence electrons. The smallest absolute Gasteiger partial charge is 0.0827 e. The molecule has 0 aliphatic heterocycles. The van der Waals surface area contributed by atoms with E-state index in [0.29, 0.717) is 6.33 Å². The number of hydrogen-bond acceptors (Lipinski definition) is 0. The predicted octanol–water partition coefficient (Wildman–Crippen LogP) is 8.76. The molecule has 2 fully saturated rings. The van der Waals surface area contributed by atoms with E-state index in [2.05, 4.69) is 31.2 Å². The van der Waals surface area contributed by atoms with Crippen molar-refractivity contribution in [1.29, 1.82) is 0 Å². The van der Waals surface area contributed by atoms with Crippen LogP contribution in [-0.4, -0.2) is 0 Å². The molecule has 0 spiro atoms. The van der Waals surface area contributed by atoms with E-state index in [1.165, 1.54) is 89.0 Å². The quantitative estimate of drug-likeness (QED) is 0.373. The van der Waals surface area contributed by atoms with Crippen molar-refractivity contribution in [3.63, 3.8) is 0 Å². The molecule has 1 heteroatoms. The van der Waals surface area contributed by atoms with Gasteiger partial charge in [0, 0.05) is 0 Å². The van der Waals surface area contributed by atoms with Crippen molar-refractivity contribution in [2.45, 2.75) is 103 Å². The van der Waals surface area contributed by atoms with Gasteiger partial charge in [0.05, 0.1) is 6.33 Å². The van der Waals surface area contributed by atoms with Gasteiger partial charge in [-0.05, 0) is 99.0 Å². The number of benzene rings is 1. The van der Waals surface area contributed by atoms with Crippen LogP contribution in [0.4, 0.5) is 4.39 Å². The number of halogens is 1. The van der Waals surface area contributed by atoms with E-state index < -0.39 is 0 Å². The lowest BCUT2D eigenvalue weighted by atomic mass is 9.68. The highest BCUT2D eigenvalue weighted by molar-refractivity contribution is 5.26. The van der Waals surface area contributed by atoms with E-state index in [1.807, 2.05) is 0 Å². The zero-order chi connectivity index (χ0) is 19.6. The Labute approximate surface area is 173 Å². The molecule has 0 atom stereocenters. The Kier molecular flexibility index (Phi) is 9.09. The van der Waals surface area contributed by atoms with Gasteiger partial charge in [-0.3, -0.25) is 0 Å². The molecule has 2 aliphatic carbocycles. The van der Waals surface area contributed by atoms with E-state index in [1.54, 1.807) is 11.6 Å². The van der Waals surface area contributed by atoms with Gasteiger partial charge in [-0.2, -0.15) is 0 Å². The van der Waals surface area contributed by atoms with Gasteiger partial charge in [0.1, 0.15) is 0 Å². The Morgan fingerprint density at radius 2 is 1.50 bits per heavy atom. The van der Waals surface area contributed by atoms with Gasteiger partial charge in [-0.25, -0.2) is 4.39 Å². The predicted molar refractivity (Wildman–Crippen MR) is 119 cm³/mol. The highest BCUT2D eigenvalue weighted by atomic mass is 19.1. The summed E-state index contributed by atoms with van der Waals surface area (Å²) in [6.45, 7) is 2.28.